The van der Waals surface area contributed by atoms with Gasteiger partial charge in [0, 0.05) is 17.1 Å². The molecule has 2 rings (SSSR count). The van der Waals surface area contributed by atoms with Crippen LogP contribution >= 0.6 is 0 Å². The summed E-state index contributed by atoms with van der Waals surface area (Å²) in [5.74, 6) is -4.87. The number of phenolic OH excluding ortho intramolecular Hbond substituents is 1. The molecular formula is C18H22N2O10-2. The fourth-order valence-corrected chi connectivity index (χ4v) is 2.42. The number of rotatable bonds is 9. The number of hydrogen-bond donors (Lipinski definition) is 7. The average Bonchev–Trinajstić information content (AvgIpc) is 3.11. The zero-order chi connectivity index (χ0) is 22.8. The predicted octanol–water partition coefficient (Wildman–Crippen LogP) is -4.86. The number of aliphatic hydroxyl groups is 4. The van der Waals surface area contributed by atoms with E-state index in [4.69, 9.17) is 24.9 Å². The molecule has 0 saturated heterocycles. The molecule has 1 aromatic heterocycles. The minimum atomic E-state index is -2.19. The molecule has 0 aliphatic heterocycles. The minimum Gasteiger partial charge on any atom is -0.543 e. The molecule has 0 radical (unpaired) electrons. The number of benzene rings is 1. The summed E-state index contributed by atoms with van der Waals surface area (Å²) in [4.78, 5) is 32.7. The fourth-order valence-electron chi connectivity index (χ4n) is 2.42. The lowest BCUT2D eigenvalue weighted by Crippen LogP contribution is -2.46. The third kappa shape index (κ3) is 7.42. The first-order chi connectivity index (χ1) is 14.1. The Balaban J connectivity index is 0.000000656. The molecule has 0 aliphatic carbocycles. The maximum absolute atomic E-state index is 11.7. The van der Waals surface area contributed by atoms with Crippen LogP contribution in [0.4, 0.5) is 0 Å². The van der Waals surface area contributed by atoms with Crippen LogP contribution in [-0.2, 0) is 20.8 Å². The van der Waals surface area contributed by atoms with Crippen molar-refractivity contribution < 1.29 is 50.1 Å². The molecule has 30 heavy (non-hydrogen) atoms. The number of nitrogens with one attached hydrogen (secondary N) is 2. The topological polar surface area (TPSA) is 226 Å². The van der Waals surface area contributed by atoms with Crippen molar-refractivity contribution in [3.05, 3.63) is 30.0 Å². The largest absolute Gasteiger partial charge is 0.543 e. The molecule has 12 heteroatoms. The molecule has 3 atom stereocenters. The van der Waals surface area contributed by atoms with Crippen molar-refractivity contribution in [1.29, 1.82) is 0 Å². The number of fused-ring (bicyclic) bond motifs is 1. The van der Waals surface area contributed by atoms with E-state index in [2.05, 4.69) is 10.3 Å². The van der Waals surface area contributed by atoms with Gasteiger partial charge in [0.05, 0.1) is 25.1 Å². The lowest BCUT2D eigenvalue weighted by molar-refractivity contribution is -0.345. The number of aromatic hydroxyl groups is 1. The lowest BCUT2D eigenvalue weighted by atomic mass is 10.0. The van der Waals surface area contributed by atoms with E-state index in [1.807, 2.05) is 6.20 Å². The van der Waals surface area contributed by atoms with Crippen LogP contribution in [0.5, 0.6) is 5.75 Å². The summed E-state index contributed by atoms with van der Waals surface area (Å²) in [6.07, 6.45) is -2.63. The highest BCUT2D eigenvalue weighted by atomic mass is 16.4. The number of ketones is 1. The molecule has 12 nitrogen and oxygen atoms in total. The minimum absolute atomic E-state index is 0.172. The van der Waals surface area contributed by atoms with Gasteiger partial charge in [0.2, 0.25) is 0 Å². The van der Waals surface area contributed by atoms with Crippen LogP contribution < -0.4 is 15.5 Å². The maximum Gasteiger partial charge on any atom is 0.177 e. The van der Waals surface area contributed by atoms with Gasteiger partial charge in [-0.15, -0.1) is 0 Å². The summed E-state index contributed by atoms with van der Waals surface area (Å²) in [6, 6.07) is 5.02. The number of carbonyl (C=O) groups excluding carboxylic acids is 3. The van der Waals surface area contributed by atoms with Gasteiger partial charge in [-0.1, -0.05) is 0 Å². The number of phenols is 1. The SMILES string of the molecule is O=C(CNCCc1c[nH]c2ccc(O)cc12)[C@H](O)[C@H](O)[C@H](O)CO.O=C([O-])C(=O)[O-]. The molecule has 166 valence electrons. The van der Waals surface area contributed by atoms with Gasteiger partial charge in [0.1, 0.15) is 24.1 Å². The number of aromatic nitrogens is 1. The van der Waals surface area contributed by atoms with E-state index < -0.39 is 42.6 Å². The summed E-state index contributed by atoms with van der Waals surface area (Å²) < 4.78 is 0. The Morgan fingerprint density at radius 2 is 1.73 bits per heavy atom. The first kappa shape index (κ1) is 25.0. The molecule has 0 spiro atoms. The predicted molar refractivity (Wildman–Crippen MR) is 96.7 cm³/mol. The van der Waals surface area contributed by atoms with E-state index in [0.717, 1.165) is 16.5 Å². The van der Waals surface area contributed by atoms with Gasteiger partial charge in [-0.25, -0.2) is 0 Å². The van der Waals surface area contributed by atoms with Crippen molar-refractivity contribution in [2.75, 3.05) is 19.7 Å². The second-order valence-corrected chi connectivity index (χ2v) is 6.20. The number of carboxylic acid groups (broad SMARTS) is 2. The number of aliphatic carboxylic acids is 2. The molecule has 7 N–H and O–H groups in total. The Labute approximate surface area is 170 Å². The van der Waals surface area contributed by atoms with E-state index in [9.17, 15) is 25.2 Å². The highest BCUT2D eigenvalue weighted by Gasteiger charge is 2.29. The van der Waals surface area contributed by atoms with Gasteiger partial charge >= 0.3 is 0 Å². The van der Waals surface area contributed by atoms with E-state index in [1.165, 1.54) is 0 Å². The van der Waals surface area contributed by atoms with Crippen molar-refractivity contribution in [3.63, 3.8) is 0 Å². The van der Waals surface area contributed by atoms with Crippen molar-refractivity contribution in [2.24, 2.45) is 0 Å². The first-order valence-electron chi connectivity index (χ1n) is 8.68. The molecule has 1 heterocycles. The Hall–Kier alpha value is -3.03. The number of aromatic amines is 1. The second-order valence-electron chi connectivity index (χ2n) is 6.20. The zero-order valence-electron chi connectivity index (χ0n) is 15.6. The summed E-state index contributed by atoms with van der Waals surface area (Å²) in [7, 11) is 0. The third-order valence-corrected chi connectivity index (χ3v) is 4.02. The third-order valence-electron chi connectivity index (χ3n) is 4.02. The number of aliphatic hydroxyl groups excluding tert-OH is 4. The van der Waals surface area contributed by atoms with Crippen molar-refractivity contribution >= 4 is 28.6 Å². The molecule has 1 aromatic carbocycles. The summed E-state index contributed by atoms with van der Waals surface area (Å²) in [6.45, 7) is -0.476. The van der Waals surface area contributed by atoms with Gasteiger partial charge in [0.15, 0.2) is 5.78 Å². The molecule has 0 unspecified atom stereocenters. The van der Waals surface area contributed by atoms with Gasteiger partial charge in [-0.2, -0.15) is 0 Å². The van der Waals surface area contributed by atoms with E-state index in [0.29, 0.717) is 13.0 Å². The van der Waals surface area contributed by atoms with Gasteiger partial charge in [-0.3, -0.25) is 4.79 Å². The normalized spacial score (nSPS) is 13.7. The van der Waals surface area contributed by atoms with Crippen LogP contribution in [-0.4, -0.2) is 86.2 Å². The molecule has 0 saturated carbocycles. The number of carboxylic acids is 2. The summed E-state index contributed by atoms with van der Waals surface area (Å²) >= 11 is 0. The summed E-state index contributed by atoms with van der Waals surface area (Å²) in [5, 5.41) is 68.1. The number of carbonyl (C=O) groups is 3. The monoisotopic (exact) mass is 426 g/mol. The fraction of sp³-hybridized carbons (Fsp3) is 0.389. The molecule has 0 fully saturated rings. The van der Waals surface area contributed by atoms with Gasteiger partial charge in [0.25, 0.3) is 0 Å². The second kappa shape index (κ2) is 11.8. The van der Waals surface area contributed by atoms with Crippen LogP contribution in [0.1, 0.15) is 5.56 Å². The van der Waals surface area contributed by atoms with Crippen LogP contribution in [0.3, 0.4) is 0 Å². The highest BCUT2D eigenvalue weighted by molar-refractivity contribution is 6.25. The zero-order valence-corrected chi connectivity index (χ0v) is 15.6. The highest BCUT2D eigenvalue weighted by Crippen LogP contribution is 2.22. The van der Waals surface area contributed by atoms with Crippen molar-refractivity contribution in [2.45, 2.75) is 24.7 Å². The van der Waals surface area contributed by atoms with E-state index in [-0.39, 0.29) is 12.3 Å². The van der Waals surface area contributed by atoms with Crippen molar-refractivity contribution in [1.82, 2.24) is 10.3 Å². The standard InChI is InChI=1S/C16H22N2O6.C2H2O4/c19-8-14(22)16(24)15(23)13(21)7-17-4-3-9-6-18-12-2-1-10(20)5-11(9)12;3-1(4)2(5)6/h1-2,5-6,14-20,22-24H,3-4,7-8H2;(H,3,4)(H,5,6)/p-2/t14-,15+,16-;/m1./s1. The van der Waals surface area contributed by atoms with Crippen LogP contribution in [0.2, 0.25) is 0 Å². The smallest absolute Gasteiger partial charge is 0.177 e. The molecule has 0 bridgehead atoms. The Bertz CT molecular complexity index is 854. The maximum atomic E-state index is 11.7. The van der Waals surface area contributed by atoms with Gasteiger partial charge in [-0.05, 0) is 36.7 Å². The Kier molecular flexibility index (Phi) is 9.88. The number of Topliss-reactive ketones (excluding diaryl/α,β-unsaturated/α-hetero) is 1. The molecule has 0 aliphatic rings. The molecular weight excluding hydrogens is 404 g/mol. The van der Waals surface area contributed by atoms with E-state index >= 15 is 0 Å². The molecule has 0 amide bonds. The molecule has 2 aromatic rings. The average molecular weight is 426 g/mol. The first-order valence-corrected chi connectivity index (χ1v) is 8.68. The van der Waals surface area contributed by atoms with Gasteiger partial charge < -0.3 is 55.6 Å². The Morgan fingerprint density at radius 3 is 2.30 bits per heavy atom. The summed E-state index contributed by atoms with van der Waals surface area (Å²) in [5.41, 5.74) is 1.87. The lowest BCUT2D eigenvalue weighted by Gasteiger charge is -2.20. The number of hydrogen-bond acceptors (Lipinski definition) is 11. The van der Waals surface area contributed by atoms with Crippen molar-refractivity contribution in [3.8, 4) is 5.75 Å². The van der Waals surface area contributed by atoms with Crippen LogP contribution in [0.25, 0.3) is 10.9 Å². The van der Waals surface area contributed by atoms with Crippen LogP contribution in [0, 0.1) is 0 Å². The van der Waals surface area contributed by atoms with Crippen LogP contribution in [0.15, 0.2) is 24.4 Å². The van der Waals surface area contributed by atoms with E-state index in [1.54, 1.807) is 18.2 Å². The Morgan fingerprint density at radius 1 is 1.10 bits per heavy atom. The quantitative estimate of drug-likeness (QED) is 0.148. The number of H-pyrrole nitrogens is 1.